The van der Waals surface area contributed by atoms with Gasteiger partial charge in [0.1, 0.15) is 0 Å². The van der Waals surface area contributed by atoms with Gasteiger partial charge < -0.3 is 15.2 Å². The highest BCUT2D eigenvalue weighted by Gasteiger charge is 2.37. The summed E-state index contributed by atoms with van der Waals surface area (Å²) in [6.07, 6.45) is -0.824. The first-order chi connectivity index (χ1) is 5.79. The molecule has 2 saturated heterocycles. The molecule has 2 rings (SSSR count). The van der Waals surface area contributed by atoms with Crippen LogP contribution in [0.4, 0.5) is 4.79 Å². The van der Waals surface area contributed by atoms with Crippen LogP contribution in [0.15, 0.2) is 0 Å². The van der Waals surface area contributed by atoms with Crippen LogP contribution in [-0.4, -0.2) is 54.5 Å². The summed E-state index contributed by atoms with van der Waals surface area (Å²) in [7, 11) is 0. The average Bonchev–Trinajstić information content (AvgIpc) is 2.02. The molecule has 2 N–H and O–H groups in total. The van der Waals surface area contributed by atoms with Crippen LogP contribution in [0.2, 0.25) is 0 Å². The largest absolute Gasteiger partial charge is 0.465 e. The van der Waals surface area contributed by atoms with E-state index < -0.39 is 6.09 Å². The molecule has 0 spiro atoms. The van der Waals surface area contributed by atoms with Crippen LogP contribution in [0.3, 0.4) is 0 Å². The third-order valence-corrected chi connectivity index (χ3v) is 2.39. The van der Waals surface area contributed by atoms with E-state index in [0.29, 0.717) is 26.3 Å². The number of morpholine rings is 1. The van der Waals surface area contributed by atoms with E-state index in [-0.39, 0.29) is 12.1 Å². The number of nitrogens with zero attached hydrogens (tertiary/aromatic N) is 1. The van der Waals surface area contributed by atoms with Crippen molar-refractivity contribution in [2.24, 2.45) is 0 Å². The Morgan fingerprint density at radius 1 is 1.42 bits per heavy atom. The third kappa shape index (κ3) is 1.15. The molecule has 0 aromatic heterocycles. The molecule has 2 aliphatic heterocycles. The minimum absolute atomic E-state index is 0.00926. The van der Waals surface area contributed by atoms with Crippen LogP contribution in [0.25, 0.3) is 0 Å². The molecule has 2 bridgehead atoms. The van der Waals surface area contributed by atoms with Gasteiger partial charge in [0.05, 0.1) is 25.3 Å². The molecule has 0 saturated carbocycles. The van der Waals surface area contributed by atoms with Crippen molar-refractivity contribution in [3.05, 3.63) is 0 Å². The summed E-state index contributed by atoms with van der Waals surface area (Å²) in [5.41, 5.74) is 0. The number of rotatable bonds is 0. The van der Waals surface area contributed by atoms with Gasteiger partial charge in [-0.2, -0.15) is 0 Å². The molecule has 0 radical (unpaired) electrons. The minimum Gasteiger partial charge on any atom is -0.465 e. The molecule has 5 heteroatoms. The zero-order valence-electron chi connectivity index (χ0n) is 6.69. The summed E-state index contributed by atoms with van der Waals surface area (Å²) in [6.45, 7) is 2.47. The van der Waals surface area contributed by atoms with Crippen molar-refractivity contribution in [2.75, 3.05) is 26.3 Å². The molecule has 12 heavy (non-hydrogen) atoms. The van der Waals surface area contributed by atoms with Gasteiger partial charge in [0.15, 0.2) is 0 Å². The van der Waals surface area contributed by atoms with E-state index >= 15 is 0 Å². The number of amides is 1. The molecule has 0 aromatic carbocycles. The summed E-state index contributed by atoms with van der Waals surface area (Å²) in [5, 5.41) is 12.1. The smallest absolute Gasteiger partial charge is 0.408 e. The molecular weight excluding hydrogens is 160 g/mol. The van der Waals surface area contributed by atoms with Gasteiger partial charge in [0, 0.05) is 13.1 Å². The second kappa shape index (κ2) is 2.91. The molecule has 68 valence electrons. The maximum absolute atomic E-state index is 10.8. The van der Waals surface area contributed by atoms with Crippen LogP contribution >= 0.6 is 0 Å². The van der Waals surface area contributed by atoms with E-state index in [4.69, 9.17) is 9.84 Å². The van der Waals surface area contributed by atoms with Crippen LogP contribution in [0.1, 0.15) is 0 Å². The SMILES string of the molecule is O=C(O)N1[C@@H]2CNC[C@H]1COC2. The number of nitrogens with one attached hydrogen (secondary N) is 1. The highest BCUT2D eigenvalue weighted by atomic mass is 16.5. The lowest BCUT2D eigenvalue weighted by molar-refractivity contribution is -0.0515. The predicted octanol–water partition coefficient (Wildman–Crippen LogP) is -0.663. The lowest BCUT2D eigenvalue weighted by atomic mass is 10.1. The highest BCUT2D eigenvalue weighted by Crippen LogP contribution is 2.16. The number of hydrogen-bond donors (Lipinski definition) is 2. The molecule has 0 aromatic rings. The molecule has 0 unspecified atom stereocenters. The van der Waals surface area contributed by atoms with E-state index in [1.807, 2.05) is 0 Å². The third-order valence-electron chi connectivity index (χ3n) is 2.39. The summed E-state index contributed by atoms with van der Waals surface area (Å²) in [6, 6.07) is 0.0185. The summed E-state index contributed by atoms with van der Waals surface area (Å²) < 4.78 is 5.27. The van der Waals surface area contributed by atoms with Crippen molar-refractivity contribution >= 4 is 6.09 Å². The van der Waals surface area contributed by atoms with Crippen molar-refractivity contribution in [3.8, 4) is 0 Å². The van der Waals surface area contributed by atoms with Gasteiger partial charge in [0.25, 0.3) is 0 Å². The van der Waals surface area contributed by atoms with E-state index in [2.05, 4.69) is 5.32 Å². The fourth-order valence-corrected chi connectivity index (χ4v) is 1.84. The predicted molar refractivity (Wildman–Crippen MR) is 41.1 cm³/mol. The van der Waals surface area contributed by atoms with Crippen molar-refractivity contribution in [1.29, 1.82) is 0 Å². The molecule has 1 amide bonds. The Labute approximate surface area is 70.3 Å². The van der Waals surface area contributed by atoms with Crippen molar-refractivity contribution in [1.82, 2.24) is 10.2 Å². The lowest BCUT2D eigenvalue weighted by Gasteiger charge is -2.44. The summed E-state index contributed by atoms with van der Waals surface area (Å²) in [5.74, 6) is 0. The quantitative estimate of drug-likeness (QED) is 0.509. The van der Waals surface area contributed by atoms with Crippen molar-refractivity contribution < 1.29 is 14.6 Å². The van der Waals surface area contributed by atoms with E-state index in [1.165, 1.54) is 4.90 Å². The first-order valence-electron chi connectivity index (χ1n) is 4.09. The van der Waals surface area contributed by atoms with Gasteiger partial charge in [-0.15, -0.1) is 0 Å². The Morgan fingerprint density at radius 2 is 2.00 bits per heavy atom. The molecule has 2 aliphatic rings. The number of carboxylic acid groups (broad SMARTS) is 1. The fourth-order valence-electron chi connectivity index (χ4n) is 1.84. The minimum atomic E-state index is -0.824. The molecule has 2 fully saturated rings. The zero-order chi connectivity index (χ0) is 8.55. The highest BCUT2D eigenvalue weighted by molar-refractivity contribution is 5.66. The molecular formula is C7H12N2O3. The second-order valence-corrected chi connectivity index (χ2v) is 3.19. The van der Waals surface area contributed by atoms with E-state index in [1.54, 1.807) is 0 Å². The van der Waals surface area contributed by atoms with Gasteiger partial charge in [-0.3, -0.25) is 4.90 Å². The van der Waals surface area contributed by atoms with Gasteiger partial charge in [-0.25, -0.2) is 4.79 Å². The van der Waals surface area contributed by atoms with Gasteiger partial charge in [0.2, 0.25) is 0 Å². The molecule has 2 heterocycles. The van der Waals surface area contributed by atoms with Gasteiger partial charge in [-0.1, -0.05) is 0 Å². The Morgan fingerprint density at radius 3 is 2.42 bits per heavy atom. The molecule has 0 aliphatic carbocycles. The topological polar surface area (TPSA) is 61.8 Å². The average molecular weight is 172 g/mol. The van der Waals surface area contributed by atoms with E-state index in [9.17, 15) is 4.79 Å². The fraction of sp³-hybridized carbons (Fsp3) is 0.857. The number of piperazine rings is 1. The Balaban J connectivity index is 2.13. The molecule has 5 nitrogen and oxygen atoms in total. The van der Waals surface area contributed by atoms with Crippen LogP contribution in [0, 0.1) is 0 Å². The maximum Gasteiger partial charge on any atom is 0.408 e. The van der Waals surface area contributed by atoms with Crippen LogP contribution in [0.5, 0.6) is 0 Å². The maximum atomic E-state index is 10.8. The standard InChI is InChI=1S/C7H12N2O3/c10-7(11)9-5-1-8-2-6(9)4-12-3-5/h5-6,8H,1-4H2,(H,10,11)/t5-,6+. The van der Waals surface area contributed by atoms with Crippen molar-refractivity contribution in [3.63, 3.8) is 0 Å². The van der Waals surface area contributed by atoms with Gasteiger partial charge >= 0.3 is 6.09 Å². The van der Waals surface area contributed by atoms with Crippen LogP contribution in [-0.2, 0) is 4.74 Å². The lowest BCUT2D eigenvalue weighted by Crippen LogP contribution is -2.64. The number of fused-ring (bicyclic) bond motifs is 2. The van der Waals surface area contributed by atoms with Gasteiger partial charge in [-0.05, 0) is 0 Å². The molecule has 2 atom stereocenters. The first kappa shape index (κ1) is 7.82. The Kier molecular flexibility index (Phi) is 1.90. The number of hydrogen-bond acceptors (Lipinski definition) is 3. The van der Waals surface area contributed by atoms with Crippen molar-refractivity contribution in [2.45, 2.75) is 12.1 Å². The first-order valence-corrected chi connectivity index (χ1v) is 4.09. The number of ether oxygens (including phenoxy) is 1. The monoisotopic (exact) mass is 172 g/mol. The normalized spacial score (nSPS) is 34.8. The Bertz CT molecular complexity index is 175. The zero-order valence-corrected chi connectivity index (χ0v) is 6.69. The van der Waals surface area contributed by atoms with E-state index in [0.717, 1.165) is 0 Å². The summed E-state index contributed by atoms with van der Waals surface area (Å²) in [4.78, 5) is 12.3. The summed E-state index contributed by atoms with van der Waals surface area (Å²) >= 11 is 0. The second-order valence-electron chi connectivity index (χ2n) is 3.19. The number of carbonyl (C=O) groups is 1. The Hall–Kier alpha value is -0.810. The van der Waals surface area contributed by atoms with Crippen LogP contribution < -0.4 is 5.32 Å².